The Balaban J connectivity index is 1.60. The summed E-state index contributed by atoms with van der Waals surface area (Å²) in [5.41, 5.74) is 2.46. The summed E-state index contributed by atoms with van der Waals surface area (Å²) in [6, 6.07) is 14.4. The molecule has 0 radical (unpaired) electrons. The third-order valence-corrected chi connectivity index (χ3v) is 5.72. The molecule has 0 aliphatic carbocycles. The number of amides is 3. The van der Waals surface area contributed by atoms with Crippen molar-refractivity contribution in [3.63, 3.8) is 0 Å². The molecular weight excluding hydrogens is 376 g/mol. The molecule has 0 saturated heterocycles. The van der Waals surface area contributed by atoms with Crippen molar-refractivity contribution in [2.75, 3.05) is 25.5 Å². The van der Waals surface area contributed by atoms with Crippen molar-refractivity contribution in [2.45, 2.75) is 18.8 Å². The Labute approximate surface area is 168 Å². The monoisotopic (exact) mass is 396 g/mol. The first-order chi connectivity index (χ1) is 13.6. The van der Waals surface area contributed by atoms with Crippen molar-refractivity contribution in [1.29, 1.82) is 0 Å². The molecule has 0 bridgehead atoms. The highest BCUT2D eigenvalue weighted by molar-refractivity contribution is 6.21. The van der Waals surface area contributed by atoms with Crippen LogP contribution in [0, 0.1) is 0 Å². The molecule has 0 N–H and O–H groups in total. The van der Waals surface area contributed by atoms with Gasteiger partial charge in [0, 0.05) is 37.0 Å². The molecule has 5 nitrogen and oxygen atoms in total. The maximum absolute atomic E-state index is 12.8. The van der Waals surface area contributed by atoms with Crippen LogP contribution in [-0.4, -0.2) is 53.0 Å². The zero-order valence-corrected chi connectivity index (χ0v) is 16.2. The molecule has 0 aromatic heterocycles. The van der Waals surface area contributed by atoms with Gasteiger partial charge in [0.2, 0.25) is 0 Å². The lowest BCUT2D eigenvalue weighted by Gasteiger charge is -2.35. The SMILES string of the molecule is O=C1c2ccccc2C(CN2C(=O)c3ccccc3C2=O)CN1CCCCCl. The van der Waals surface area contributed by atoms with Crippen LogP contribution in [-0.2, 0) is 0 Å². The molecule has 2 aliphatic heterocycles. The number of carbonyl (C=O) groups is 3. The predicted octanol–water partition coefficient (Wildman–Crippen LogP) is 3.54. The van der Waals surface area contributed by atoms with E-state index >= 15 is 0 Å². The number of nitrogens with zero attached hydrogens (tertiary/aromatic N) is 2. The van der Waals surface area contributed by atoms with E-state index < -0.39 is 0 Å². The number of halogens is 1. The average molecular weight is 397 g/mol. The topological polar surface area (TPSA) is 57.7 Å². The number of benzene rings is 2. The summed E-state index contributed by atoms with van der Waals surface area (Å²) in [6.45, 7) is 1.38. The normalized spacial score (nSPS) is 18.5. The van der Waals surface area contributed by atoms with Crippen molar-refractivity contribution in [3.05, 3.63) is 70.8 Å². The van der Waals surface area contributed by atoms with E-state index in [4.69, 9.17) is 11.6 Å². The lowest BCUT2D eigenvalue weighted by molar-refractivity contribution is 0.0615. The molecule has 0 fully saturated rings. The summed E-state index contributed by atoms with van der Waals surface area (Å²) in [7, 11) is 0. The molecule has 2 aromatic carbocycles. The second kappa shape index (κ2) is 7.76. The lowest BCUT2D eigenvalue weighted by atomic mass is 9.88. The Hall–Kier alpha value is -2.66. The van der Waals surface area contributed by atoms with Crippen LogP contribution in [0.2, 0.25) is 0 Å². The van der Waals surface area contributed by atoms with E-state index in [2.05, 4.69) is 0 Å². The quantitative estimate of drug-likeness (QED) is 0.426. The minimum absolute atomic E-state index is 0.00350. The smallest absolute Gasteiger partial charge is 0.261 e. The van der Waals surface area contributed by atoms with Crippen molar-refractivity contribution in [1.82, 2.24) is 9.80 Å². The van der Waals surface area contributed by atoms with Gasteiger partial charge in [0.1, 0.15) is 0 Å². The van der Waals surface area contributed by atoms with Gasteiger partial charge in [0.05, 0.1) is 11.1 Å². The molecule has 0 spiro atoms. The first-order valence-corrected chi connectivity index (χ1v) is 10.0. The van der Waals surface area contributed by atoms with Crippen molar-refractivity contribution >= 4 is 29.3 Å². The Bertz CT molecular complexity index is 908. The van der Waals surface area contributed by atoms with Crippen LogP contribution in [0.25, 0.3) is 0 Å². The number of unbranched alkanes of at least 4 members (excludes halogenated alkanes) is 1. The number of rotatable bonds is 6. The second-order valence-electron chi connectivity index (χ2n) is 7.20. The molecule has 4 rings (SSSR count). The van der Waals surface area contributed by atoms with E-state index in [-0.39, 0.29) is 30.2 Å². The highest BCUT2D eigenvalue weighted by atomic mass is 35.5. The van der Waals surface area contributed by atoms with Crippen LogP contribution in [0.3, 0.4) is 0 Å². The zero-order valence-electron chi connectivity index (χ0n) is 15.4. The highest BCUT2D eigenvalue weighted by Gasteiger charge is 2.39. The molecule has 1 atom stereocenters. The van der Waals surface area contributed by atoms with Gasteiger partial charge in [-0.25, -0.2) is 0 Å². The zero-order chi connectivity index (χ0) is 19.7. The fraction of sp³-hybridized carbons (Fsp3) is 0.318. The minimum atomic E-state index is -0.260. The van der Waals surface area contributed by atoms with E-state index in [0.29, 0.717) is 35.7 Å². The van der Waals surface area contributed by atoms with Gasteiger partial charge in [-0.1, -0.05) is 30.3 Å². The van der Waals surface area contributed by atoms with Crippen LogP contribution in [0.1, 0.15) is 55.4 Å². The number of imide groups is 1. The molecular formula is C22H21ClN2O3. The van der Waals surface area contributed by atoms with Crippen molar-refractivity contribution in [2.24, 2.45) is 0 Å². The largest absolute Gasteiger partial charge is 0.338 e. The van der Waals surface area contributed by atoms with Crippen LogP contribution in [0.5, 0.6) is 0 Å². The van der Waals surface area contributed by atoms with E-state index in [9.17, 15) is 14.4 Å². The van der Waals surface area contributed by atoms with Gasteiger partial charge >= 0.3 is 0 Å². The fourth-order valence-electron chi connectivity index (χ4n) is 4.04. The lowest BCUT2D eigenvalue weighted by Crippen LogP contribution is -2.45. The van der Waals surface area contributed by atoms with E-state index in [1.54, 1.807) is 24.3 Å². The van der Waals surface area contributed by atoms with Gasteiger partial charge in [-0.3, -0.25) is 19.3 Å². The summed E-state index contributed by atoms with van der Waals surface area (Å²) in [5.74, 6) is -0.0554. The Morgan fingerprint density at radius 2 is 1.43 bits per heavy atom. The molecule has 2 heterocycles. The molecule has 1 unspecified atom stereocenters. The molecule has 6 heteroatoms. The number of alkyl halides is 1. The Morgan fingerprint density at radius 3 is 2.07 bits per heavy atom. The summed E-state index contributed by atoms with van der Waals surface area (Å²) < 4.78 is 0. The average Bonchev–Trinajstić information content (AvgIpc) is 2.96. The third kappa shape index (κ3) is 3.20. The predicted molar refractivity (Wildman–Crippen MR) is 107 cm³/mol. The van der Waals surface area contributed by atoms with Crippen LogP contribution >= 0.6 is 11.6 Å². The number of hydrogen-bond donors (Lipinski definition) is 0. The molecule has 3 amide bonds. The first-order valence-electron chi connectivity index (χ1n) is 9.51. The van der Waals surface area contributed by atoms with Gasteiger partial charge in [0.25, 0.3) is 17.7 Å². The third-order valence-electron chi connectivity index (χ3n) is 5.45. The van der Waals surface area contributed by atoms with E-state index in [0.717, 1.165) is 18.4 Å². The van der Waals surface area contributed by atoms with Crippen LogP contribution < -0.4 is 0 Å². The van der Waals surface area contributed by atoms with E-state index in [1.165, 1.54) is 4.90 Å². The molecule has 144 valence electrons. The number of fused-ring (bicyclic) bond motifs is 2. The molecule has 2 aliphatic rings. The summed E-state index contributed by atoms with van der Waals surface area (Å²) in [4.78, 5) is 41.5. The standard InChI is InChI=1S/C22H21ClN2O3/c23-11-5-6-12-24-13-15(16-7-1-2-8-17(16)20(24)26)14-25-21(27)18-9-3-4-10-19(18)22(25)28/h1-4,7-10,15H,5-6,11-14H2. The first kappa shape index (κ1) is 18.7. The van der Waals surface area contributed by atoms with Crippen LogP contribution in [0.15, 0.2) is 48.5 Å². The highest BCUT2D eigenvalue weighted by Crippen LogP contribution is 2.32. The summed E-state index contributed by atoms with van der Waals surface area (Å²) >= 11 is 5.77. The minimum Gasteiger partial charge on any atom is -0.338 e. The summed E-state index contributed by atoms with van der Waals surface area (Å²) in [5, 5.41) is 0. The van der Waals surface area contributed by atoms with Gasteiger partial charge < -0.3 is 4.90 Å². The molecule has 0 saturated carbocycles. The molecule has 2 aromatic rings. The van der Waals surface area contributed by atoms with Crippen LogP contribution in [0.4, 0.5) is 0 Å². The van der Waals surface area contributed by atoms with Gasteiger partial charge in [-0.2, -0.15) is 0 Å². The number of hydrogen-bond acceptors (Lipinski definition) is 3. The van der Waals surface area contributed by atoms with Crippen molar-refractivity contribution in [3.8, 4) is 0 Å². The van der Waals surface area contributed by atoms with Crippen molar-refractivity contribution < 1.29 is 14.4 Å². The second-order valence-corrected chi connectivity index (χ2v) is 7.58. The fourth-order valence-corrected chi connectivity index (χ4v) is 4.23. The Morgan fingerprint density at radius 1 is 0.821 bits per heavy atom. The number of carbonyl (C=O) groups excluding carboxylic acids is 3. The maximum atomic E-state index is 12.8. The van der Waals surface area contributed by atoms with E-state index in [1.807, 2.05) is 29.2 Å². The van der Waals surface area contributed by atoms with Gasteiger partial charge in [-0.05, 0) is 36.6 Å². The Kier molecular flexibility index (Phi) is 5.18. The van der Waals surface area contributed by atoms with Gasteiger partial charge in [0.15, 0.2) is 0 Å². The molecule has 28 heavy (non-hydrogen) atoms. The van der Waals surface area contributed by atoms with Gasteiger partial charge in [-0.15, -0.1) is 11.6 Å². The summed E-state index contributed by atoms with van der Waals surface area (Å²) in [6.07, 6.45) is 1.67. The maximum Gasteiger partial charge on any atom is 0.261 e.